The molecule has 0 aliphatic rings. The van der Waals surface area contributed by atoms with Crippen molar-refractivity contribution in [3.8, 4) is 0 Å². The fraction of sp³-hybridized carbons (Fsp3) is 0.0417. The Bertz CT molecular complexity index is 1480. The van der Waals surface area contributed by atoms with Crippen molar-refractivity contribution < 1.29 is 13.6 Å². The third-order valence-electron chi connectivity index (χ3n) is 4.89. The molecule has 2 aromatic heterocycles. The average molecular weight is 430 g/mol. The van der Waals surface area contributed by atoms with Crippen LogP contribution < -0.4 is 10.5 Å². The van der Waals surface area contributed by atoms with Gasteiger partial charge in [0.15, 0.2) is 5.13 Å². The molecule has 0 aliphatic carbocycles. The number of anilines is 1. The maximum atomic E-state index is 14.2. The minimum absolute atomic E-state index is 0.102. The van der Waals surface area contributed by atoms with Crippen LogP contribution >= 0.6 is 11.3 Å². The van der Waals surface area contributed by atoms with E-state index in [1.54, 1.807) is 36.4 Å². The van der Waals surface area contributed by atoms with Crippen molar-refractivity contribution in [1.82, 2.24) is 4.98 Å². The summed E-state index contributed by atoms with van der Waals surface area (Å²) >= 11 is 1.19. The van der Waals surface area contributed by atoms with Crippen molar-refractivity contribution in [3.05, 3.63) is 106 Å². The van der Waals surface area contributed by atoms with Gasteiger partial charge >= 0.3 is 5.63 Å². The van der Waals surface area contributed by atoms with E-state index in [0.29, 0.717) is 20.8 Å². The topological polar surface area (TPSA) is 63.4 Å². The van der Waals surface area contributed by atoms with E-state index in [4.69, 9.17) is 4.42 Å². The Morgan fingerprint density at radius 3 is 2.58 bits per heavy atom. The Labute approximate surface area is 180 Å². The first-order chi connectivity index (χ1) is 15.1. The van der Waals surface area contributed by atoms with Crippen LogP contribution in [-0.4, -0.2) is 10.9 Å². The number of fused-ring (bicyclic) bond motifs is 2. The molecule has 0 unspecified atom stereocenters. The molecule has 5 nitrogen and oxygen atoms in total. The van der Waals surface area contributed by atoms with Gasteiger partial charge in [0.1, 0.15) is 22.5 Å². The summed E-state index contributed by atoms with van der Waals surface area (Å²) in [6.45, 7) is 0.174. The summed E-state index contributed by atoms with van der Waals surface area (Å²) in [6, 6.07) is 22.5. The van der Waals surface area contributed by atoms with Gasteiger partial charge in [0, 0.05) is 5.39 Å². The van der Waals surface area contributed by atoms with Gasteiger partial charge in [-0.15, -0.1) is 0 Å². The first kappa shape index (κ1) is 19.1. The summed E-state index contributed by atoms with van der Waals surface area (Å²) in [4.78, 5) is 31.9. The average Bonchev–Trinajstić information content (AvgIpc) is 3.23. The van der Waals surface area contributed by atoms with Crippen molar-refractivity contribution in [3.63, 3.8) is 0 Å². The quantitative estimate of drug-likeness (QED) is 0.359. The molecule has 0 spiro atoms. The van der Waals surface area contributed by atoms with Gasteiger partial charge in [0.05, 0.1) is 11.2 Å². The van der Waals surface area contributed by atoms with Gasteiger partial charge in [-0.2, -0.15) is 0 Å². The molecule has 7 heteroatoms. The molecule has 0 fully saturated rings. The lowest BCUT2D eigenvalue weighted by molar-refractivity contribution is 0.0981. The molecule has 0 bridgehead atoms. The number of hydrogen-bond acceptors (Lipinski definition) is 5. The molecule has 31 heavy (non-hydrogen) atoms. The number of thiazole rings is 1. The van der Waals surface area contributed by atoms with Crippen LogP contribution in [0.2, 0.25) is 0 Å². The summed E-state index contributed by atoms with van der Waals surface area (Å²) in [7, 11) is 0. The lowest BCUT2D eigenvalue weighted by Gasteiger charge is -2.19. The number of amides is 1. The Hall–Kier alpha value is -3.84. The zero-order chi connectivity index (χ0) is 21.4. The zero-order valence-corrected chi connectivity index (χ0v) is 16.9. The molecule has 2 heterocycles. The minimum atomic E-state index is -0.728. The van der Waals surface area contributed by atoms with E-state index >= 15 is 0 Å². The van der Waals surface area contributed by atoms with Gasteiger partial charge in [0.25, 0.3) is 5.91 Å². The van der Waals surface area contributed by atoms with Crippen LogP contribution in [0.25, 0.3) is 21.2 Å². The monoisotopic (exact) mass is 430 g/mol. The normalized spacial score (nSPS) is 11.1. The third-order valence-corrected chi connectivity index (χ3v) is 5.93. The number of benzene rings is 3. The molecule has 0 saturated carbocycles. The van der Waals surface area contributed by atoms with Gasteiger partial charge in [-0.1, -0.05) is 65.9 Å². The number of nitrogens with zero attached hydrogens (tertiary/aromatic N) is 2. The number of aromatic nitrogens is 1. The van der Waals surface area contributed by atoms with E-state index < -0.39 is 17.3 Å². The SMILES string of the molecule is O=C(c1cc2ccccc2oc1=O)N(Cc1ccccc1)c1nc2c(F)cccc2s1. The standard InChI is InChI=1S/C24H15FN2O3S/c25-18-10-6-12-20-21(18)26-24(31-20)27(14-15-7-2-1-3-8-15)22(28)17-13-16-9-4-5-11-19(16)30-23(17)29/h1-13H,14H2. The predicted octanol–water partition coefficient (Wildman–Crippen LogP) is 5.39. The Morgan fingerprint density at radius 2 is 1.77 bits per heavy atom. The summed E-state index contributed by atoms with van der Waals surface area (Å²) in [5, 5.41) is 0.946. The second kappa shape index (κ2) is 7.77. The highest BCUT2D eigenvalue weighted by molar-refractivity contribution is 7.22. The molecule has 5 rings (SSSR count). The fourth-order valence-corrected chi connectivity index (χ4v) is 4.35. The smallest absolute Gasteiger partial charge is 0.349 e. The van der Waals surface area contributed by atoms with E-state index in [9.17, 15) is 14.0 Å². The Balaban J connectivity index is 1.64. The fourth-order valence-electron chi connectivity index (χ4n) is 3.37. The van der Waals surface area contributed by atoms with Crippen molar-refractivity contribution in [2.75, 3.05) is 4.90 Å². The summed E-state index contributed by atoms with van der Waals surface area (Å²) in [5.74, 6) is -1.01. The van der Waals surface area contributed by atoms with Gasteiger partial charge in [-0.3, -0.25) is 9.69 Å². The van der Waals surface area contributed by atoms with Crippen LogP contribution in [0.3, 0.4) is 0 Å². The number of para-hydroxylation sites is 2. The van der Waals surface area contributed by atoms with Gasteiger partial charge < -0.3 is 4.42 Å². The van der Waals surface area contributed by atoms with Crippen molar-refractivity contribution in [2.24, 2.45) is 0 Å². The summed E-state index contributed by atoms with van der Waals surface area (Å²) in [6.07, 6.45) is 0. The maximum Gasteiger partial charge on any atom is 0.349 e. The van der Waals surface area contributed by atoms with Crippen LogP contribution in [0.5, 0.6) is 0 Å². The highest BCUT2D eigenvalue weighted by Crippen LogP contribution is 2.32. The molecule has 0 atom stereocenters. The number of carbonyl (C=O) groups is 1. The number of rotatable bonds is 4. The molecule has 152 valence electrons. The third kappa shape index (κ3) is 3.60. The van der Waals surface area contributed by atoms with Crippen LogP contribution in [0, 0.1) is 5.82 Å². The van der Waals surface area contributed by atoms with E-state index in [-0.39, 0.29) is 17.6 Å². The predicted molar refractivity (Wildman–Crippen MR) is 119 cm³/mol. The zero-order valence-electron chi connectivity index (χ0n) is 16.1. The van der Waals surface area contributed by atoms with Crippen molar-refractivity contribution in [2.45, 2.75) is 6.54 Å². The minimum Gasteiger partial charge on any atom is -0.422 e. The van der Waals surface area contributed by atoms with Gasteiger partial charge in [-0.25, -0.2) is 14.2 Å². The molecule has 0 saturated heterocycles. The van der Waals surface area contributed by atoms with Crippen molar-refractivity contribution >= 4 is 43.6 Å². The van der Waals surface area contributed by atoms with Gasteiger partial charge in [-0.05, 0) is 29.8 Å². The first-order valence-electron chi connectivity index (χ1n) is 9.54. The molecule has 0 N–H and O–H groups in total. The molecular formula is C24H15FN2O3S. The van der Waals surface area contributed by atoms with Gasteiger partial charge in [0.2, 0.25) is 0 Å². The molecular weight excluding hydrogens is 415 g/mol. The molecule has 0 radical (unpaired) electrons. The Kier molecular flexibility index (Phi) is 4.80. The lowest BCUT2D eigenvalue weighted by Crippen LogP contribution is -2.33. The molecule has 1 amide bonds. The number of carbonyl (C=O) groups excluding carboxylic acids is 1. The van der Waals surface area contributed by atoms with Crippen LogP contribution in [0.4, 0.5) is 9.52 Å². The Morgan fingerprint density at radius 1 is 1.00 bits per heavy atom. The van der Waals surface area contributed by atoms with E-state index in [1.165, 1.54) is 28.4 Å². The summed E-state index contributed by atoms with van der Waals surface area (Å²) < 4.78 is 20.2. The van der Waals surface area contributed by atoms with E-state index in [2.05, 4.69) is 4.98 Å². The largest absolute Gasteiger partial charge is 0.422 e. The highest BCUT2D eigenvalue weighted by Gasteiger charge is 2.25. The highest BCUT2D eigenvalue weighted by atomic mass is 32.1. The summed E-state index contributed by atoms with van der Waals surface area (Å²) in [5.41, 5.74) is 0.615. The maximum absolute atomic E-state index is 14.2. The molecule has 5 aromatic rings. The van der Waals surface area contributed by atoms with Crippen LogP contribution in [0.15, 0.2) is 88.1 Å². The first-order valence-corrected chi connectivity index (χ1v) is 10.4. The van der Waals surface area contributed by atoms with E-state index in [0.717, 1.165) is 5.56 Å². The number of hydrogen-bond donors (Lipinski definition) is 0. The molecule has 3 aromatic carbocycles. The van der Waals surface area contributed by atoms with Crippen molar-refractivity contribution in [1.29, 1.82) is 0 Å². The molecule has 0 aliphatic heterocycles. The number of halogens is 1. The second-order valence-corrected chi connectivity index (χ2v) is 7.95. The second-order valence-electron chi connectivity index (χ2n) is 6.95. The lowest BCUT2D eigenvalue weighted by atomic mass is 10.1. The van der Waals surface area contributed by atoms with E-state index in [1.807, 2.05) is 30.3 Å². The van der Waals surface area contributed by atoms with Crippen LogP contribution in [-0.2, 0) is 6.54 Å². The van der Waals surface area contributed by atoms with Crippen LogP contribution in [0.1, 0.15) is 15.9 Å².